The van der Waals surface area contributed by atoms with Crippen molar-refractivity contribution >= 4 is 34.0 Å². The molecular formula is C20H18N2O5. The number of nitrogens with one attached hydrogen (secondary N) is 1. The molecule has 0 radical (unpaired) electrons. The van der Waals surface area contributed by atoms with Gasteiger partial charge in [0.2, 0.25) is 5.91 Å². The van der Waals surface area contributed by atoms with Gasteiger partial charge in [-0.3, -0.25) is 9.59 Å². The van der Waals surface area contributed by atoms with Crippen molar-refractivity contribution in [2.75, 3.05) is 17.7 Å². The van der Waals surface area contributed by atoms with Crippen molar-refractivity contribution < 1.29 is 18.7 Å². The summed E-state index contributed by atoms with van der Waals surface area (Å²) in [5, 5.41) is 3.07. The fourth-order valence-corrected chi connectivity index (χ4v) is 2.64. The van der Waals surface area contributed by atoms with Gasteiger partial charge in [0.1, 0.15) is 11.3 Å². The number of Topliss-reactive ketones (excluding diaryl/α,β-unsaturated/α-hetero) is 1. The molecule has 0 unspecified atom stereocenters. The first kappa shape index (κ1) is 18.2. The molecule has 0 saturated heterocycles. The van der Waals surface area contributed by atoms with Crippen molar-refractivity contribution in [3.63, 3.8) is 0 Å². The van der Waals surface area contributed by atoms with E-state index in [0.29, 0.717) is 29.1 Å². The minimum absolute atomic E-state index is 0.136. The lowest BCUT2D eigenvalue weighted by Crippen LogP contribution is -2.17. The van der Waals surface area contributed by atoms with Gasteiger partial charge in [0.25, 0.3) is 0 Å². The Morgan fingerprint density at radius 3 is 2.56 bits per heavy atom. The van der Waals surface area contributed by atoms with Crippen LogP contribution in [0.15, 0.2) is 57.7 Å². The van der Waals surface area contributed by atoms with Gasteiger partial charge in [-0.2, -0.15) is 0 Å². The van der Waals surface area contributed by atoms with Crippen LogP contribution in [0.4, 0.5) is 11.4 Å². The number of carbonyl (C=O) groups is 2. The van der Waals surface area contributed by atoms with Crippen molar-refractivity contribution in [1.82, 2.24) is 0 Å². The van der Waals surface area contributed by atoms with Gasteiger partial charge in [0.05, 0.1) is 13.0 Å². The van der Waals surface area contributed by atoms with E-state index in [-0.39, 0.29) is 11.1 Å². The van der Waals surface area contributed by atoms with Gasteiger partial charge in [-0.1, -0.05) is 0 Å². The molecule has 7 heteroatoms. The molecule has 138 valence electrons. The molecule has 3 rings (SSSR count). The molecule has 0 aliphatic heterocycles. The summed E-state index contributed by atoms with van der Waals surface area (Å²) >= 11 is 0. The highest BCUT2D eigenvalue weighted by atomic mass is 16.5. The number of hydrogen-bond donors (Lipinski definition) is 2. The van der Waals surface area contributed by atoms with Crippen molar-refractivity contribution in [3.05, 3.63) is 64.5 Å². The van der Waals surface area contributed by atoms with E-state index < -0.39 is 23.7 Å². The Balaban J connectivity index is 1.83. The smallest absolute Gasteiger partial charge is 0.336 e. The van der Waals surface area contributed by atoms with E-state index in [4.69, 9.17) is 14.9 Å². The predicted octanol–water partition coefficient (Wildman–Crippen LogP) is 2.99. The third-order valence-electron chi connectivity index (χ3n) is 3.84. The minimum Gasteiger partial charge on any atom is -0.494 e. The van der Waals surface area contributed by atoms with Crippen LogP contribution in [0.1, 0.15) is 23.7 Å². The monoisotopic (exact) mass is 366 g/mol. The van der Waals surface area contributed by atoms with Gasteiger partial charge in [-0.25, -0.2) is 4.79 Å². The fraction of sp³-hybridized carbons (Fsp3) is 0.150. The van der Waals surface area contributed by atoms with E-state index in [2.05, 4.69) is 5.32 Å². The van der Waals surface area contributed by atoms with Crippen LogP contribution < -0.4 is 21.4 Å². The second kappa shape index (κ2) is 7.74. The number of ether oxygens (including phenoxy) is 1. The Labute approximate surface area is 154 Å². The molecule has 0 aliphatic rings. The zero-order chi connectivity index (χ0) is 19.4. The largest absolute Gasteiger partial charge is 0.494 e. The third kappa shape index (κ3) is 4.33. The number of benzene rings is 2. The summed E-state index contributed by atoms with van der Waals surface area (Å²) < 4.78 is 10.5. The van der Waals surface area contributed by atoms with Crippen LogP contribution in [0, 0.1) is 0 Å². The van der Waals surface area contributed by atoms with Crippen LogP contribution in [0.2, 0.25) is 0 Å². The number of amides is 1. The summed E-state index contributed by atoms with van der Waals surface area (Å²) in [5.41, 5.74) is 6.39. The maximum absolute atomic E-state index is 12.6. The number of nitrogens with two attached hydrogens (primary N) is 1. The first-order valence-corrected chi connectivity index (χ1v) is 8.35. The molecule has 0 bridgehead atoms. The van der Waals surface area contributed by atoms with E-state index in [1.807, 2.05) is 6.92 Å². The van der Waals surface area contributed by atoms with Crippen LogP contribution in [-0.2, 0) is 4.79 Å². The summed E-state index contributed by atoms with van der Waals surface area (Å²) in [6.45, 7) is 2.29. The highest BCUT2D eigenvalue weighted by Crippen LogP contribution is 2.24. The quantitative estimate of drug-likeness (QED) is 0.300. The molecule has 3 N–H and O–H groups in total. The Kier molecular flexibility index (Phi) is 5.21. The molecule has 0 atom stereocenters. The van der Waals surface area contributed by atoms with Crippen LogP contribution >= 0.6 is 0 Å². The summed E-state index contributed by atoms with van der Waals surface area (Å²) in [4.78, 5) is 36.6. The van der Waals surface area contributed by atoms with Crippen LogP contribution in [0.25, 0.3) is 11.0 Å². The standard InChI is InChI=1S/C20H18N2O5/c1-2-26-14-7-8-15-16(10-20(25)27-18(15)9-14)17(23)11-19(24)22-13-5-3-12(21)4-6-13/h3-10H,2,11,21H2,1H3,(H,22,24). The molecule has 0 saturated carbocycles. The molecule has 27 heavy (non-hydrogen) atoms. The maximum Gasteiger partial charge on any atom is 0.336 e. The SMILES string of the molecule is CCOc1ccc2c(C(=O)CC(=O)Nc3ccc(N)cc3)cc(=O)oc2c1. The lowest BCUT2D eigenvalue weighted by atomic mass is 10.0. The molecule has 0 spiro atoms. The van der Waals surface area contributed by atoms with Gasteiger partial charge >= 0.3 is 5.63 Å². The number of carbonyl (C=O) groups excluding carboxylic acids is 2. The van der Waals surface area contributed by atoms with E-state index in [0.717, 1.165) is 6.07 Å². The van der Waals surface area contributed by atoms with E-state index in [9.17, 15) is 14.4 Å². The molecule has 2 aromatic carbocycles. The number of hydrogen-bond acceptors (Lipinski definition) is 6. The zero-order valence-electron chi connectivity index (χ0n) is 14.7. The summed E-state index contributed by atoms with van der Waals surface area (Å²) in [7, 11) is 0. The number of anilines is 2. The molecule has 1 amide bonds. The summed E-state index contributed by atoms with van der Waals surface area (Å²) in [5.74, 6) is -0.444. The van der Waals surface area contributed by atoms with Gasteiger partial charge in [0, 0.05) is 34.5 Å². The topological polar surface area (TPSA) is 112 Å². The van der Waals surface area contributed by atoms with E-state index >= 15 is 0 Å². The first-order chi connectivity index (χ1) is 13.0. The zero-order valence-corrected chi connectivity index (χ0v) is 14.7. The molecule has 3 aromatic rings. The Hall–Kier alpha value is -3.61. The average Bonchev–Trinajstić information content (AvgIpc) is 2.63. The second-order valence-electron chi connectivity index (χ2n) is 5.84. The highest BCUT2D eigenvalue weighted by Gasteiger charge is 2.17. The molecule has 0 fully saturated rings. The second-order valence-corrected chi connectivity index (χ2v) is 5.84. The minimum atomic E-state index is -0.668. The number of nitrogen functional groups attached to an aromatic ring is 1. The summed E-state index contributed by atoms with van der Waals surface area (Å²) in [6.07, 6.45) is -0.407. The molecule has 7 nitrogen and oxygen atoms in total. The Morgan fingerprint density at radius 2 is 1.85 bits per heavy atom. The lowest BCUT2D eigenvalue weighted by molar-refractivity contribution is -0.115. The Bertz CT molecular complexity index is 1050. The van der Waals surface area contributed by atoms with Gasteiger partial charge in [-0.15, -0.1) is 0 Å². The fourth-order valence-electron chi connectivity index (χ4n) is 2.64. The lowest BCUT2D eigenvalue weighted by Gasteiger charge is -2.08. The summed E-state index contributed by atoms with van der Waals surface area (Å²) in [6, 6.07) is 12.5. The maximum atomic E-state index is 12.6. The van der Waals surface area contributed by atoms with Gasteiger partial charge < -0.3 is 20.2 Å². The highest BCUT2D eigenvalue weighted by molar-refractivity contribution is 6.15. The molecule has 0 aliphatic carbocycles. The van der Waals surface area contributed by atoms with Crippen LogP contribution in [0.5, 0.6) is 5.75 Å². The van der Waals surface area contributed by atoms with Crippen molar-refractivity contribution in [3.8, 4) is 5.75 Å². The van der Waals surface area contributed by atoms with E-state index in [1.165, 1.54) is 0 Å². The number of rotatable bonds is 6. The number of ketones is 1. The molecule has 1 aromatic heterocycles. The normalized spacial score (nSPS) is 10.6. The molecular weight excluding hydrogens is 348 g/mol. The third-order valence-corrected chi connectivity index (χ3v) is 3.84. The Morgan fingerprint density at radius 1 is 1.11 bits per heavy atom. The first-order valence-electron chi connectivity index (χ1n) is 8.35. The molecule has 1 heterocycles. The van der Waals surface area contributed by atoms with Gasteiger partial charge in [-0.05, 0) is 43.3 Å². The number of fused-ring (bicyclic) bond motifs is 1. The van der Waals surface area contributed by atoms with Crippen LogP contribution in [-0.4, -0.2) is 18.3 Å². The predicted molar refractivity (Wildman–Crippen MR) is 102 cm³/mol. The average molecular weight is 366 g/mol. The van der Waals surface area contributed by atoms with Crippen molar-refractivity contribution in [1.29, 1.82) is 0 Å². The van der Waals surface area contributed by atoms with Crippen LogP contribution in [0.3, 0.4) is 0 Å². The van der Waals surface area contributed by atoms with Gasteiger partial charge in [0.15, 0.2) is 5.78 Å². The van der Waals surface area contributed by atoms with Crippen molar-refractivity contribution in [2.24, 2.45) is 0 Å². The van der Waals surface area contributed by atoms with Crippen molar-refractivity contribution in [2.45, 2.75) is 13.3 Å². The van der Waals surface area contributed by atoms with E-state index in [1.54, 1.807) is 42.5 Å².